The lowest BCUT2D eigenvalue weighted by atomic mass is 10.1. The number of carbonyl (C=O) groups is 1. The lowest BCUT2D eigenvalue weighted by Gasteiger charge is -2.10. The molecule has 1 rings (SSSR count). The van der Waals surface area contributed by atoms with Gasteiger partial charge in [0.25, 0.3) is 0 Å². The minimum absolute atomic E-state index is 0.216. The molecule has 6 heteroatoms. The molecule has 0 bridgehead atoms. The molecular formula is C14H10N4O2. The molecule has 0 spiro atoms. The zero-order valence-electron chi connectivity index (χ0n) is 10.7. The predicted molar refractivity (Wildman–Crippen MR) is 69.9 cm³/mol. The average molecular weight is 266 g/mol. The number of hydrogen-bond acceptors (Lipinski definition) is 6. The summed E-state index contributed by atoms with van der Waals surface area (Å²) in [5, 5.41) is 29.1. The monoisotopic (exact) mass is 266 g/mol. The second kappa shape index (κ2) is 7.20. The van der Waals surface area contributed by atoms with Gasteiger partial charge in [0.2, 0.25) is 0 Å². The second-order valence-electron chi connectivity index (χ2n) is 3.48. The maximum atomic E-state index is 11.8. The summed E-state index contributed by atoms with van der Waals surface area (Å²) in [7, 11) is 0. The normalized spacial score (nSPS) is 8.50. The third-order valence-corrected chi connectivity index (χ3v) is 2.27. The van der Waals surface area contributed by atoms with Gasteiger partial charge in [0.1, 0.15) is 23.9 Å². The van der Waals surface area contributed by atoms with E-state index in [0.717, 1.165) is 0 Å². The minimum Gasteiger partial charge on any atom is -0.462 e. The third-order valence-electron chi connectivity index (χ3n) is 2.27. The molecule has 0 saturated carbocycles. The van der Waals surface area contributed by atoms with Gasteiger partial charge in [-0.1, -0.05) is 12.1 Å². The Kier molecular flexibility index (Phi) is 5.32. The van der Waals surface area contributed by atoms with Crippen LogP contribution in [0.3, 0.4) is 0 Å². The number of esters is 1. The molecule has 1 N–H and O–H groups in total. The number of hydrogen-bond donors (Lipinski definition) is 1. The summed E-state index contributed by atoms with van der Waals surface area (Å²) in [5.74, 6) is -0.552. The van der Waals surface area contributed by atoms with Crippen LogP contribution < -0.4 is 5.32 Å². The first kappa shape index (κ1) is 14.8. The van der Waals surface area contributed by atoms with Crippen LogP contribution in [0.1, 0.15) is 17.3 Å². The number of nitrogens with zero attached hydrogens (tertiary/aromatic N) is 3. The zero-order chi connectivity index (χ0) is 15.0. The van der Waals surface area contributed by atoms with Gasteiger partial charge in [-0.15, -0.1) is 0 Å². The van der Waals surface area contributed by atoms with Crippen LogP contribution in [-0.2, 0) is 4.74 Å². The highest BCUT2D eigenvalue weighted by molar-refractivity contribution is 5.96. The Morgan fingerprint density at radius 2 is 1.85 bits per heavy atom. The third kappa shape index (κ3) is 3.35. The number of allylic oxidation sites excluding steroid dienone is 2. The molecule has 0 aromatic heterocycles. The van der Waals surface area contributed by atoms with E-state index in [1.165, 1.54) is 6.07 Å². The smallest absolute Gasteiger partial charge is 0.340 e. The standard InChI is InChI=1S/C14H10N4O2/c1-2-20-14(19)11-5-3-4-6-12(11)18-13(9-17)10(7-15)8-16/h3-6,18H,2H2,1H3. The molecule has 0 heterocycles. The lowest BCUT2D eigenvalue weighted by Crippen LogP contribution is -2.10. The van der Waals surface area contributed by atoms with Gasteiger partial charge >= 0.3 is 5.97 Å². The number of benzene rings is 1. The number of para-hydroxylation sites is 1. The van der Waals surface area contributed by atoms with Crippen molar-refractivity contribution in [3.8, 4) is 18.2 Å². The average Bonchev–Trinajstić information content (AvgIpc) is 2.48. The highest BCUT2D eigenvalue weighted by Crippen LogP contribution is 2.19. The molecule has 1 aromatic carbocycles. The van der Waals surface area contributed by atoms with Gasteiger partial charge in [-0.2, -0.15) is 15.8 Å². The predicted octanol–water partition coefficient (Wildman–Crippen LogP) is 2.10. The van der Waals surface area contributed by atoms with Crippen LogP contribution in [0.25, 0.3) is 0 Å². The van der Waals surface area contributed by atoms with Crippen molar-refractivity contribution >= 4 is 11.7 Å². The van der Waals surface area contributed by atoms with Crippen LogP contribution in [0.4, 0.5) is 5.69 Å². The van der Waals surface area contributed by atoms with E-state index in [9.17, 15) is 4.79 Å². The number of nitrogens with one attached hydrogen (secondary N) is 1. The van der Waals surface area contributed by atoms with Gasteiger partial charge in [-0.25, -0.2) is 4.79 Å². The van der Waals surface area contributed by atoms with Crippen LogP contribution in [0, 0.1) is 34.0 Å². The molecule has 98 valence electrons. The van der Waals surface area contributed by atoms with E-state index in [4.69, 9.17) is 20.5 Å². The van der Waals surface area contributed by atoms with E-state index >= 15 is 0 Å². The molecule has 0 radical (unpaired) electrons. The first-order valence-electron chi connectivity index (χ1n) is 5.65. The molecule has 0 atom stereocenters. The SMILES string of the molecule is CCOC(=O)c1ccccc1NC(C#N)=C(C#N)C#N. The number of anilines is 1. The summed E-state index contributed by atoms with van der Waals surface area (Å²) >= 11 is 0. The summed E-state index contributed by atoms with van der Waals surface area (Å²) in [4.78, 5) is 11.8. The summed E-state index contributed by atoms with van der Waals surface area (Å²) in [5.41, 5.74) is -0.0549. The van der Waals surface area contributed by atoms with E-state index in [1.807, 2.05) is 0 Å². The fourth-order valence-electron chi connectivity index (χ4n) is 1.40. The zero-order valence-corrected chi connectivity index (χ0v) is 10.7. The quantitative estimate of drug-likeness (QED) is 0.660. The van der Waals surface area contributed by atoms with Crippen LogP contribution in [0.15, 0.2) is 35.5 Å². The molecule has 0 amide bonds. The van der Waals surface area contributed by atoms with Gasteiger partial charge in [-0.3, -0.25) is 0 Å². The van der Waals surface area contributed by atoms with Crippen LogP contribution >= 0.6 is 0 Å². The Morgan fingerprint density at radius 1 is 1.20 bits per heavy atom. The van der Waals surface area contributed by atoms with Crippen LogP contribution in [0.5, 0.6) is 0 Å². The second-order valence-corrected chi connectivity index (χ2v) is 3.48. The van der Waals surface area contributed by atoms with Gasteiger partial charge < -0.3 is 10.1 Å². The van der Waals surface area contributed by atoms with Crippen molar-refractivity contribution in [1.82, 2.24) is 0 Å². The van der Waals surface area contributed by atoms with Crippen molar-refractivity contribution in [3.05, 3.63) is 41.1 Å². The van der Waals surface area contributed by atoms with E-state index in [2.05, 4.69) is 5.32 Å². The highest BCUT2D eigenvalue weighted by Gasteiger charge is 2.14. The Morgan fingerprint density at radius 3 is 2.40 bits per heavy atom. The first-order valence-corrected chi connectivity index (χ1v) is 5.65. The molecule has 0 aliphatic rings. The van der Waals surface area contributed by atoms with Gasteiger partial charge in [-0.05, 0) is 19.1 Å². The fraction of sp³-hybridized carbons (Fsp3) is 0.143. The van der Waals surface area contributed by atoms with Gasteiger partial charge in [0, 0.05) is 0 Å². The molecule has 20 heavy (non-hydrogen) atoms. The number of ether oxygens (including phenoxy) is 1. The van der Waals surface area contributed by atoms with Crippen molar-refractivity contribution in [2.75, 3.05) is 11.9 Å². The molecule has 6 nitrogen and oxygen atoms in total. The van der Waals surface area contributed by atoms with Crippen molar-refractivity contribution in [3.63, 3.8) is 0 Å². The highest BCUT2D eigenvalue weighted by atomic mass is 16.5. The maximum Gasteiger partial charge on any atom is 0.340 e. The topological polar surface area (TPSA) is 110 Å². The number of carbonyl (C=O) groups excluding carboxylic acids is 1. The lowest BCUT2D eigenvalue weighted by molar-refractivity contribution is 0.0527. The van der Waals surface area contributed by atoms with E-state index < -0.39 is 5.97 Å². The van der Waals surface area contributed by atoms with Gasteiger partial charge in [0.05, 0.1) is 17.9 Å². The van der Waals surface area contributed by atoms with E-state index in [-0.39, 0.29) is 23.4 Å². The van der Waals surface area contributed by atoms with E-state index in [0.29, 0.717) is 5.69 Å². The molecule has 0 aliphatic heterocycles. The number of nitriles is 3. The summed E-state index contributed by atoms with van der Waals surface area (Å²) in [6, 6.07) is 11.3. The van der Waals surface area contributed by atoms with Crippen LogP contribution in [-0.4, -0.2) is 12.6 Å². The van der Waals surface area contributed by atoms with Gasteiger partial charge in [0.15, 0.2) is 5.57 Å². The van der Waals surface area contributed by atoms with Crippen molar-refractivity contribution in [1.29, 1.82) is 15.8 Å². The molecule has 0 unspecified atom stereocenters. The maximum absolute atomic E-state index is 11.8. The Bertz CT molecular complexity index is 656. The number of rotatable bonds is 4. The van der Waals surface area contributed by atoms with Crippen molar-refractivity contribution < 1.29 is 9.53 Å². The summed E-state index contributed by atoms with van der Waals surface area (Å²) < 4.78 is 4.89. The van der Waals surface area contributed by atoms with Crippen LogP contribution in [0.2, 0.25) is 0 Å². The van der Waals surface area contributed by atoms with Crippen molar-refractivity contribution in [2.45, 2.75) is 6.92 Å². The largest absolute Gasteiger partial charge is 0.462 e. The molecule has 0 aliphatic carbocycles. The molecule has 0 fully saturated rings. The first-order chi connectivity index (χ1) is 9.67. The molecule has 1 aromatic rings. The minimum atomic E-state index is -0.552. The summed E-state index contributed by atoms with van der Waals surface area (Å²) in [6.45, 7) is 1.90. The fourth-order valence-corrected chi connectivity index (χ4v) is 1.40. The Labute approximate surface area is 116 Å². The van der Waals surface area contributed by atoms with E-state index in [1.54, 1.807) is 43.3 Å². The van der Waals surface area contributed by atoms with Crippen molar-refractivity contribution in [2.24, 2.45) is 0 Å². The summed E-state index contributed by atoms with van der Waals surface area (Å²) in [6.07, 6.45) is 0. The molecular weight excluding hydrogens is 256 g/mol. The Hall–Kier alpha value is -3.30. The molecule has 0 saturated heterocycles. The Balaban J connectivity index is 3.21.